The molecule has 3 aromatic rings. The average Bonchev–Trinajstić information content (AvgIpc) is 3.30. The Bertz CT molecular complexity index is 1170. The number of hydrogen-bond donors (Lipinski definition) is 2. The molecule has 4 rings (SSSR count). The molecule has 0 unspecified atom stereocenters. The second kappa shape index (κ2) is 8.10. The van der Waals surface area contributed by atoms with Crippen LogP contribution in [0.2, 0.25) is 0 Å². The summed E-state index contributed by atoms with van der Waals surface area (Å²) in [7, 11) is 0. The Kier molecular flexibility index (Phi) is 5.45. The number of anilines is 1. The number of aromatic carboxylic acids is 1. The van der Waals surface area contributed by atoms with Crippen molar-refractivity contribution in [3.05, 3.63) is 48.3 Å². The molecule has 1 saturated heterocycles. The summed E-state index contributed by atoms with van der Waals surface area (Å²) >= 11 is 0. The number of carboxylic acids is 1. The van der Waals surface area contributed by atoms with E-state index in [1.54, 1.807) is 55.8 Å². The zero-order valence-corrected chi connectivity index (χ0v) is 17.9. The summed E-state index contributed by atoms with van der Waals surface area (Å²) in [5, 5.41) is 12.2. The van der Waals surface area contributed by atoms with Crippen molar-refractivity contribution in [1.29, 1.82) is 0 Å². The number of pyridine rings is 2. The molecular formula is C22H24FN5O4. The molecular weight excluding hydrogens is 417 g/mol. The Morgan fingerprint density at radius 2 is 2.03 bits per heavy atom. The summed E-state index contributed by atoms with van der Waals surface area (Å²) in [6, 6.07) is 7.63. The first-order chi connectivity index (χ1) is 15.1. The van der Waals surface area contributed by atoms with Gasteiger partial charge in [0, 0.05) is 12.7 Å². The number of imidazole rings is 1. The maximum atomic E-state index is 14.6. The van der Waals surface area contributed by atoms with Crippen molar-refractivity contribution >= 4 is 23.5 Å². The normalized spacial score (nSPS) is 18.7. The van der Waals surface area contributed by atoms with Crippen LogP contribution in [-0.4, -0.2) is 67.3 Å². The summed E-state index contributed by atoms with van der Waals surface area (Å²) in [4.78, 5) is 33.6. The van der Waals surface area contributed by atoms with E-state index in [1.165, 1.54) is 17.0 Å². The van der Waals surface area contributed by atoms with E-state index in [1.807, 2.05) is 0 Å². The van der Waals surface area contributed by atoms with E-state index in [0.29, 0.717) is 22.9 Å². The topological polar surface area (TPSA) is 109 Å². The van der Waals surface area contributed by atoms with Crippen LogP contribution in [0.3, 0.4) is 0 Å². The maximum absolute atomic E-state index is 14.6. The molecule has 0 radical (unpaired) electrons. The molecule has 2 N–H and O–H groups in total. The van der Waals surface area contributed by atoms with Crippen LogP contribution in [0.1, 0.15) is 31.1 Å². The smallest absolute Gasteiger partial charge is 0.410 e. The van der Waals surface area contributed by atoms with Gasteiger partial charge in [-0.1, -0.05) is 6.07 Å². The first-order valence-electron chi connectivity index (χ1n) is 10.2. The third-order valence-electron chi connectivity index (χ3n) is 5.01. The van der Waals surface area contributed by atoms with Crippen LogP contribution in [0.25, 0.3) is 17.0 Å². The molecule has 32 heavy (non-hydrogen) atoms. The Balaban J connectivity index is 1.51. The molecule has 1 fully saturated rings. The molecule has 168 valence electrons. The number of nitrogens with zero attached hydrogens (tertiary/aromatic N) is 4. The second-order valence-corrected chi connectivity index (χ2v) is 8.65. The first-order valence-corrected chi connectivity index (χ1v) is 10.2. The zero-order chi connectivity index (χ0) is 23.0. The number of carbonyl (C=O) groups excluding carboxylic acids is 1. The third-order valence-corrected chi connectivity index (χ3v) is 5.01. The Labute approximate surface area is 183 Å². The van der Waals surface area contributed by atoms with Crippen LogP contribution in [0.4, 0.5) is 15.0 Å². The summed E-state index contributed by atoms with van der Waals surface area (Å²) < 4.78 is 21.7. The van der Waals surface area contributed by atoms with Gasteiger partial charge in [-0.3, -0.25) is 4.40 Å². The molecule has 2 atom stereocenters. The highest BCUT2D eigenvalue weighted by molar-refractivity contribution is 5.88. The van der Waals surface area contributed by atoms with Crippen LogP contribution >= 0.6 is 0 Å². The van der Waals surface area contributed by atoms with Crippen molar-refractivity contribution in [1.82, 2.24) is 19.3 Å². The van der Waals surface area contributed by atoms with Gasteiger partial charge in [0.2, 0.25) is 0 Å². The molecule has 1 amide bonds. The minimum absolute atomic E-state index is 0.0502. The van der Waals surface area contributed by atoms with Gasteiger partial charge < -0.3 is 20.1 Å². The highest BCUT2D eigenvalue weighted by Gasteiger charge is 2.37. The fourth-order valence-electron chi connectivity index (χ4n) is 3.53. The number of likely N-dealkylation sites (tertiary alicyclic amines) is 1. The molecule has 0 bridgehead atoms. The number of aromatic nitrogens is 3. The minimum atomic E-state index is -1.27. The molecule has 9 nitrogen and oxygen atoms in total. The number of hydrogen-bond acceptors (Lipinski definition) is 6. The van der Waals surface area contributed by atoms with Crippen molar-refractivity contribution in [2.24, 2.45) is 0 Å². The maximum Gasteiger partial charge on any atom is 0.410 e. The predicted molar refractivity (Wildman–Crippen MR) is 115 cm³/mol. The molecule has 0 spiro atoms. The van der Waals surface area contributed by atoms with Gasteiger partial charge in [-0.05, 0) is 45.0 Å². The van der Waals surface area contributed by atoms with Crippen molar-refractivity contribution in [3.8, 4) is 11.4 Å². The lowest BCUT2D eigenvalue weighted by Crippen LogP contribution is -2.36. The number of carbonyl (C=O) groups is 2. The van der Waals surface area contributed by atoms with Crippen LogP contribution in [0.15, 0.2) is 42.7 Å². The quantitative estimate of drug-likeness (QED) is 0.638. The third kappa shape index (κ3) is 4.48. The molecule has 1 aliphatic heterocycles. The van der Waals surface area contributed by atoms with Crippen molar-refractivity contribution in [2.75, 3.05) is 18.4 Å². The monoisotopic (exact) mass is 441 g/mol. The van der Waals surface area contributed by atoms with Crippen LogP contribution in [0.5, 0.6) is 0 Å². The van der Waals surface area contributed by atoms with E-state index in [-0.39, 0.29) is 18.7 Å². The van der Waals surface area contributed by atoms with Gasteiger partial charge >= 0.3 is 12.1 Å². The van der Waals surface area contributed by atoms with Crippen molar-refractivity contribution in [2.45, 2.75) is 38.6 Å². The molecule has 0 aliphatic carbocycles. The Morgan fingerprint density at radius 1 is 1.25 bits per heavy atom. The lowest BCUT2D eigenvalue weighted by molar-refractivity contribution is 0.0283. The SMILES string of the molecule is CC(C)(C)OC(=O)N1C[C@H](Nc2cccc(-c3cnc4cc(C(=O)O)ccn34)n2)[C@@H](F)C1. The van der Waals surface area contributed by atoms with Gasteiger partial charge in [0.15, 0.2) is 0 Å². The molecule has 10 heteroatoms. The number of rotatable bonds is 4. The van der Waals surface area contributed by atoms with Crippen LogP contribution in [0, 0.1) is 0 Å². The zero-order valence-electron chi connectivity index (χ0n) is 17.9. The van der Waals surface area contributed by atoms with Gasteiger partial charge in [0.05, 0.1) is 35.7 Å². The van der Waals surface area contributed by atoms with Gasteiger partial charge in [-0.25, -0.2) is 23.9 Å². The Hall–Kier alpha value is -3.69. The number of fused-ring (bicyclic) bond motifs is 1. The lowest BCUT2D eigenvalue weighted by Gasteiger charge is -2.24. The summed E-state index contributed by atoms with van der Waals surface area (Å²) in [5.74, 6) is -0.572. The standard InChI is InChI=1S/C22H24FN5O4/c1-22(2,3)32-21(31)27-11-14(23)16(12-27)26-18-6-4-5-15(25-18)17-10-24-19-9-13(20(29)30)7-8-28(17)19/h4-10,14,16H,11-12H2,1-3H3,(H,25,26)(H,29,30)/t14-,16-/m0/s1. The van der Waals surface area contributed by atoms with Gasteiger partial charge in [-0.2, -0.15) is 0 Å². The number of halogens is 1. The largest absolute Gasteiger partial charge is 0.478 e. The van der Waals surface area contributed by atoms with Gasteiger partial charge in [-0.15, -0.1) is 0 Å². The minimum Gasteiger partial charge on any atom is -0.478 e. The lowest BCUT2D eigenvalue weighted by atomic mass is 10.2. The summed E-state index contributed by atoms with van der Waals surface area (Å²) in [5.41, 5.74) is 1.22. The highest BCUT2D eigenvalue weighted by Crippen LogP contribution is 2.24. The van der Waals surface area contributed by atoms with Gasteiger partial charge in [0.1, 0.15) is 23.2 Å². The summed E-state index contributed by atoms with van der Waals surface area (Å²) in [6.07, 6.45) is 1.41. The van der Waals surface area contributed by atoms with Crippen molar-refractivity contribution < 1.29 is 23.8 Å². The predicted octanol–water partition coefficient (Wildman–Crippen LogP) is 3.46. The fraction of sp³-hybridized carbons (Fsp3) is 0.364. The van der Waals surface area contributed by atoms with E-state index < -0.39 is 29.9 Å². The molecule has 0 aromatic carbocycles. The van der Waals surface area contributed by atoms with Crippen LogP contribution < -0.4 is 5.32 Å². The average molecular weight is 441 g/mol. The number of carboxylic acid groups (broad SMARTS) is 1. The van der Waals surface area contributed by atoms with E-state index in [9.17, 15) is 14.0 Å². The second-order valence-electron chi connectivity index (χ2n) is 8.65. The molecule has 0 saturated carbocycles. The van der Waals surface area contributed by atoms with Gasteiger partial charge in [0.25, 0.3) is 0 Å². The highest BCUT2D eigenvalue weighted by atomic mass is 19.1. The van der Waals surface area contributed by atoms with E-state index in [0.717, 1.165) is 0 Å². The number of alkyl halides is 1. The summed E-state index contributed by atoms with van der Waals surface area (Å²) in [6.45, 7) is 5.41. The first kappa shape index (κ1) is 21.5. The number of amides is 1. The fourth-order valence-corrected chi connectivity index (χ4v) is 3.53. The molecule has 1 aliphatic rings. The van der Waals surface area contributed by atoms with E-state index in [2.05, 4.69) is 15.3 Å². The van der Waals surface area contributed by atoms with E-state index >= 15 is 0 Å². The molecule has 4 heterocycles. The number of ether oxygens (including phenoxy) is 1. The van der Waals surface area contributed by atoms with E-state index in [4.69, 9.17) is 9.84 Å². The Morgan fingerprint density at radius 3 is 2.75 bits per heavy atom. The number of nitrogens with one attached hydrogen (secondary N) is 1. The van der Waals surface area contributed by atoms with Crippen LogP contribution in [-0.2, 0) is 4.74 Å². The van der Waals surface area contributed by atoms with Crippen molar-refractivity contribution in [3.63, 3.8) is 0 Å². The molecule has 3 aromatic heterocycles.